The summed E-state index contributed by atoms with van der Waals surface area (Å²) in [7, 11) is 0. The lowest BCUT2D eigenvalue weighted by Crippen LogP contribution is -2.01. The lowest BCUT2D eigenvalue weighted by molar-refractivity contribution is -0.132. The van der Waals surface area contributed by atoms with Gasteiger partial charge < -0.3 is 9.47 Å². The monoisotopic (exact) mass is 654 g/mol. The third-order valence-electron chi connectivity index (χ3n) is 4.90. The standard InChI is InChI=1S/C26H22O4S8/c1-15(27)29-19-7-3-17(4-8-19)13-33-23-24(34-14-18-5-9-20(10-6-18)30-16(2)28)38-26(37-23)25-35-21-22(36-25)32-12-11-31-21/h3-10H,11-14H2,1-2H3. The van der Waals surface area contributed by atoms with Gasteiger partial charge in [-0.2, -0.15) is 0 Å². The Labute approximate surface area is 256 Å². The van der Waals surface area contributed by atoms with Crippen LogP contribution in [0.2, 0.25) is 0 Å². The van der Waals surface area contributed by atoms with Gasteiger partial charge in [-0.1, -0.05) is 71.3 Å². The summed E-state index contributed by atoms with van der Waals surface area (Å²) >= 11 is 15.3. The number of carbonyl (C=O) groups is 2. The van der Waals surface area contributed by atoms with E-state index in [2.05, 4.69) is 0 Å². The predicted molar refractivity (Wildman–Crippen MR) is 174 cm³/mol. The minimum atomic E-state index is -0.310. The summed E-state index contributed by atoms with van der Waals surface area (Å²) in [6.45, 7) is 2.82. The van der Waals surface area contributed by atoms with Crippen LogP contribution in [0.25, 0.3) is 0 Å². The fraction of sp³-hybridized carbons (Fsp3) is 0.231. The summed E-state index contributed by atoms with van der Waals surface area (Å²) in [5.74, 6) is 4.58. The maximum Gasteiger partial charge on any atom is 0.308 e. The molecule has 0 N–H and O–H groups in total. The maximum atomic E-state index is 11.2. The van der Waals surface area contributed by atoms with Gasteiger partial charge in [-0.3, -0.25) is 9.59 Å². The minimum Gasteiger partial charge on any atom is -0.427 e. The molecule has 3 aliphatic rings. The van der Waals surface area contributed by atoms with Crippen molar-refractivity contribution in [3.05, 3.63) is 85.1 Å². The van der Waals surface area contributed by atoms with Gasteiger partial charge >= 0.3 is 11.9 Å². The Bertz CT molecular complexity index is 1220. The van der Waals surface area contributed by atoms with E-state index in [4.69, 9.17) is 9.47 Å². The van der Waals surface area contributed by atoms with Crippen LogP contribution in [0.5, 0.6) is 11.5 Å². The van der Waals surface area contributed by atoms with Gasteiger partial charge in [0.15, 0.2) is 0 Å². The van der Waals surface area contributed by atoms with Crippen molar-refractivity contribution in [2.24, 2.45) is 0 Å². The molecule has 5 rings (SSSR count). The maximum absolute atomic E-state index is 11.2. The van der Waals surface area contributed by atoms with Crippen LogP contribution in [-0.2, 0) is 21.1 Å². The SMILES string of the molecule is CC(=O)Oc1ccc(CSC2=C(SCc3ccc(OC(C)=O)cc3)SC(=C3SC4=C(SCCS4)S3)S2)cc1. The topological polar surface area (TPSA) is 52.6 Å². The summed E-state index contributed by atoms with van der Waals surface area (Å²) in [6.07, 6.45) is 0. The molecule has 2 aromatic carbocycles. The van der Waals surface area contributed by atoms with Crippen molar-refractivity contribution in [1.29, 1.82) is 0 Å². The molecule has 38 heavy (non-hydrogen) atoms. The molecule has 4 nitrogen and oxygen atoms in total. The molecule has 0 aliphatic carbocycles. The Hall–Kier alpha value is -0.600. The number of carbonyl (C=O) groups excluding carboxylic acids is 2. The summed E-state index contributed by atoms with van der Waals surface area (Å²) in [6, 6.07) is 15.5. The third kappa shape index (κ3) is 7.99. The normalized spacial score (nSPS) is 17.2. The Morgan fingerprint density at radius 3 is 1.42 bits per heavy atom. The van der Waals surface area contributed by atoms with E-state index in [1.54, 1.807) is 0 Å². The number of hydrogen-bond acceptors (Lipinski definition) is 12. The fourth-order valence-electron chi connectivity index (χ4n) is 3.27. The van der Waals surface area contributed by atoms with Crippen LogP contribution in [0.3, 0.4) is 0 Å². The molecule has 0 saturated carbocycles. The van der Waals surface area contributed by atoms with E-state index < -0.39 is 0 Å². The highest BCUT2D eigenvalue weighted by Crippen LogP contribution is 2.67. The molecule has 3 heterocycles. The molecule has 2 aromatic rings. The molecule has 0 aromatic heterocycles. The Balaban J connectivity index is 1.27. The third-order valence-corrected chi connectivity index (χ3v) is 16.9. The van der Waals surface area contributed by atoms with E-state index in [9.17, 15) is 9.59 Å². The number of rotatable bonds is 8. The molecule has 12 heteroatoms. The number of esters is 2. The van der Waals surface area contributed by atoms with Gasteiger partial charge in [0, 0.05) is 36.9 Å². The molecule has 0 spiro atoms. The summed E-state index contributed by atoms with van der Waals surface area (Å²) in [5.41, 5.74) is 2.37. The summed E-state index contributed by atoms with van der Waals surface area (Å²) in [5, 5.41) is 0. The average Bonchev–Trinajstić information content (AvgIpc) is 3.51. The largest absolute Gasteiger partial charge is 0.427 e. The van der Waals surface area contributed by atoms with Gasteiger partial charge in [0.05, 0.1) is 25.4 Å². The molecule has 0 fully saturated rings. The van der Waals surface area contributed by atoms with Gasteiger partial charge in [0.25, 0.3) is 0 Å². The molecule has 0 bridgehead atoms. The first-order chi connectivity index (χ1) is 18.4. The Kier molecular flexibility index (Phi) is 10.5. The van der Waals surface area contributed by atoms with Crippen molar-refractivity contribution in [2.75, 3.05) is 11.5 Å². The first kappa shape index (κ1) is 28.9. The molecule has 3 aliphatic heterocycles. The van der Waals surface area contributed by atoms with E-state index in [0.717, 1.165) is 11.5 Å². The van der Waals surface area contributed by atoms with Gasteiger partial charge in [0.1, 0.15) is 11.5 Å². The molecule has 0 unspecified atom stereocenters. The van der Waals surface area contributed by atoms with Crippen LogP contribution in [0.1, 0.15) is 25.0 Å². The van der Waals surface area contributed by atoms with Crippen molar-refractivity contribution in [2.45, 2.75) is 25.4 Å². The highest BCUT2D eigenvalue weighted by molar-refractivity contribution is 8.45. The molecule has 198 valence electrons. The van der Waals surface area contributed by atoms with E-state index >= 15 is 0 Å². The van der Waals surface area contributed by atoms with Crippen molar-refractivity contribution in [3.63, 3.8) is 0 Å². The minimum absolute atomic E-state index is 0.310. The van der Waals surface area contributed by atoms with Gasteiger partial charge in [0.2, 0.25) is 0 Å². The molecule has 0 amide bonds. The molecular weight excluding hydrogens is 633 g/mol. The van der Waals surface area contributed by atoms with Crippen LogP contribution < -0.4 is 9.47 Å². The highest BCUT2D eigenvalue weighted by Gasteiger charge is 2.32. The van der Waals surface area contributed by atoms with Gasteiger partial charge in [-0.25, -0.2) is 0 Å². The van der Waals surface area contributed by atoms with Crippen LogP contribution in [0.4, 0.5) is 0 Å². The fourth-order valence-corrected chi connectivity index (χ4v) is 15.3. The lowest BCUT2D eigenvalue weighted by Gasteiger charge is -2.08. The quantitative estimate of drug-likeness (QED) is 0.201. The van der Waals surface area contributed by atoms with Gasteiger partial charge in [-0.05, 0) is 35.4 Å². The predicted octanol–water partition coefficient (Wildman–Crippen LogP) is 9.52. The molecule has 0 atom stereocenters. The smallest absolute Gasteiger partial charge is 0.308 e. The van der Waals surface area contributed by atoms with Crippen molar-refractivity contribution >= 4 is 106 Å². The van der Waals surface area contributed by atoms with E-state index in [0.29, 0.717) is 11.5 Å². The van der Waals surface area contributed by atoms with E-state index in [1.807, 2.05) is 143 Å². The zero-order valence-corrected chi connectivity index (χ0v) is 26.9. The van der Waals surface area contributed by atoms with Crippen LogP contribution in [0.15, 0.2) is 74.0 Å². The average molecular weight is 655 g/mol. The van der Waals surface area contributed by atoms with Crippen molar-refractivity contribution < 1.29 is 19.1 Å². The lowest BCUT2D eigenvalue weighted by atomic mass is 10.2. The second kappa shape index (κ2) is 13.8. The van der Waals surface area contributed by atoms with Crippen molar-refractivity contribution in [3.8, 4) is 11.5 Å². The van der Waals surface area contributed by atoms with E-state index in [1.165, 1.54) is 61.9 Å². The number of hydrogen-bond donors (Lipinski definition) is 0. The second-order valence-electron chi connectivity index (χ2n) is 7.88. The van der Waals surface area contributed by atoms with Crippen LogP contribution in [-0.4, -0.2) is 23.4 Å². The van der Waals surface area contributed by atoms with Crippen LogP contribution >= 0.6 is 94.1 Å². The van der Waals surface area contributed by atoms with E-state index in [-0.39, 0.29) is 11.9 Å². The summed E-state index contributed by atoms with van der Waals surface area (Å²) in [4.78, 5) is 22.4. The molecular formula is C26H22O4S8. The highest BCUT2D eigenvalue weighted by atomic mass is 32.3. The number of benzene rings is 2. The molecule has 0 radical (unpaired) electrons. The first-order valence-electron chi connectivity index (χ1n) is 11.4. The first-order valence-corrected chi connectivity index (χ1v) is 18.6. The Morgan fingerprint density at radius 1 is 0.632 bits per heavy atom. The molecule has 0 saturated heterocycles. The van der Waals surface area contributed by atoms with Gasteiger partial charge in [-0.15, -0.1) is 47.0 Å². The van der Waals surface area contributed by atoms with Crippen molar-refractivity contribution in [1.82, 2.24) is 0 Å². The second-order valence-corrected chi connectivity index (χ2v) is 17.7. The zero-order valence-electron chi connectivity index (χ0n) is 20.3. The summed E-state index contributed by atoms with van der Waals surface area (Å²) < 4.78 is 18.7. The van der Waals surface area contributed by atoms with Crippen LogP contribution in [0, 0.1) is 0 Å². The number of thioether (sulfide) groups is 8. The zero-order chi connectivity index (χ0) is 26.5. The Morgan fingerprint density at radius 2 is 1.03 bits per heavy atom. The number of ether oxygens (including phenoxy) is 2.